The zero-order valence-electron chi connectivity index (χ0n) is 15.7. The van der Waals surface area contributed by atoms with Gasteiger partial charge in [-0.2, -0.15) is 0 Å². The zero-order valence-corrected chi connectivity index (χ0v) is 15.7. The van der Waals surface area contributed by atoms with Gasteiger partial charge in [-0.1, -0.05) is 24.3 Å². The molecule has 0 radical (unpaired) electrons. The van der Waals surface area contributed by atoms with Crippen LogP contribution in [0.1, 0.15) is 35.2 Å². The van der Waals surface area contributed by atoms with Gasteiger partial charge in [-0.25, -0.2) is 4.39 Å². The Labute approximate surface area is 164 Å². The monoisotopic (exact) mass is 384 g/mol. The van der Waals surface area contributed by atoms with Crippen LogP contribution < -0.4 is 5.32 Å². The number of nitrogens with zero attached hydrogens (tertiary/aromatic N) is 1. The maximum Gasteiger partial charge on any atom is 0.254 e. The van der Waals surface area contributed by atoms with Gasteiger partial charge in [0.25, 0.3) is 5.91 Å². The number of halogens is 1. The highest BCUT2D eigenvalue weighted by molar-refractivity contribution is 5.96. The van der Waals surface area contributed by atoms with Crippen LogP contribution in [-0.4, -0.2) is 41.5 Å². The van der Waals surface area contributed by atoms with Crippen LogP contribution in [0.15, 0.2) is 48.5 Å². The standard InChI is InChI=1S/C22H25FN2O3/c23-20-4-2-1-3-19(20)22(28)24-15-21(27)25-13-11-17(12-14-25)6-5-16-7-9-18(26)10-8-16/h1-4,7-10,17,26H,5-6,11-15H2,(H,24,28). The van der Waals surface area contributed by atoms with E-state index in [1.165, 1.54) is 23.8 Å². The number of nitrogens with one attached hydrogen (secondary N) is 1. The molecule has 0 unspecified atom stereocenters. The van der Waals surface area contributed by atoms with E-state index in [0.717, 1.165) is 25.7 Å². The molecule has 2 aromatic rings. The van der Waals surface area contributed by atoms with E-state index in [-0.39, 0.29) is 23.8 Å². The van der Waals surface area contributed by atoms with E-state index < -0.39 is 11.7 Å². The molecule has 1 saturated heterocycles. The molecule has 1 aliphatic rings. The summed E-state index contributed by atoms with van der Waals surface area (Å²) in [6.45, 7) is 1.23. The Morgan fingerprint density at radius 1 is 1.07 bits per heavy atom. The van der Waals surface area contributed by atoms with Crippen molar-refractivity contribution in [3.8, 4) is 5.75 Å². The summed E-state index contributed by atoms with van der Waals surface area (Å²) in [4.78, 5) is 26.1. The molecule has 1 fully saturated rings. The number of rotatable bonds is 6. The molecule has 1 heterocycles. The third-order valence-electron chi connectivity index (χ3n) is 5.26. The second kappa shape index (κ2) is 9.35. The van der Waals surface area contributed by atoms with Crippen molar-refractivity contribution in [3.05, 3.63) is 65.5 Å². The fourth-order valence-corrected chi connectivity index (χ4v) is 3.51. The van der Waals surface area contributed by atoms with Crippen LogP contribution in [0.4, 0.5) is 4.39 Å². The predicted molar refractivity (Wildman–Crippen MR) is 104 cm³/mol. The summed E-state index contributed by atoms with van der Waals surface area (Å²) in [5.41, 5.74) is 1.15. The van der Waals surface area contributed by atoms with Crippen LogP contribution >= 0.6 is 0 Å². The van der Waals surface area contributed by atoms with Crippen LogP contribution in [0.3, 0.4) is 0 Å². The van der Waals surface area contributed by atoms with E-state index in [9.17, 15) is 19.1 Å². The van der Waals surface area contributed by atoms with Gasteiger partial charge in [-0.05, 0) is 61.4 Å². The average molecular weight is 384 g/mol. The summed E-state index contributed by atoms with van der Waals surface area (Å²) in [6.07, 6.45) is 3.88. The number of aromatic hydroxyl groups is 1. The molecule has 2 amide bonds. The Bertz CT molecular complexity index is 815. The number of amides is 2. The van der Waals surface area contributed by atoms with Crippen molar-refractivity contribution in [3.63, 3.8) is 0 Å². The fourth-order valence-electron chi connectivity index (χ4n) is 3.51. The SMILES string of the molecule is O=C(NCC(=O)N1CCC(CCc2ccc(O)cc2)CC1)c1ccccc1F. The number of piperidine rings is 1. The number of carbonyl (C=O) groups excluding carboxylic acids is 2. The summed E-state index contributed by atoms with van der Waals surface area (Å²) in [6, 6.07) is 13.0. The van der Waals surface area contributed by atoms with E-state index in [1.807, 2.05) is 12.1 Å². The van der Waals surface area contributed by atoms with Gasteiger partial charge in [-0.3, -0.25) is 9.59 Å². The maximum absolute atomic E-state index is 13.6. The molecule has 0 atom stereocenters. The second-order valence-corrected chi connectivity index (χ2v) is 7.19. The topological polar surface area (TPSA) is 69.6 Å². The first kappa shape index (κ1) is 19.9. The molecule has 2 aromatic carbocycles. The molecule has 5 nitrogen and oxygen atoms in total. The van der Waals surface area contributed by atoms with E-state index in [1.54, 1.807) is 23.1 Å². The lowest BCUT2D eigenvalue weighted by Gasteiger charge is -2.32. The first-order valence-corrected chi connectivity index (χ1v) is 9.61. The maximum atomic E-state index is 13.6. The number of phenols is 1. The quantitative estimate of drug-likeness (QED) is 0.804. The highest BCUT2D eigenvalue weighted by Gasteiger charge is 2.23. The Hall–Kier alpha value is -2.89. The first-order valence-electron chi connectivity index (χ1n) is 9.61. The Kier molecular flexibility index (Phi) is 6.63. The zero-order chi connectivity index (χ0) is 19.9. The van der Waals surface area contributed by atoms with Crippen molar-refractivity contribution in [1.29, 1.82) is 0 Å². The molecule has 0 aliphatic carbocycles. The molecular formula is C22H25FN2O3. The molecule has 0 saturated carbocycles. The van der Waals surface area contributed by atoms with Gasteiger partial charge in [0.1, 0.15) is 11.6 Å². The highest BCUT2D eigenvalue weighted by Crippen LogP contribution is 2.23. The van der Waals surface area contributed by atoms with Crippen molar-refractivity contribution in [1.82, 2.24) is 10.2 Å². The fraction of sp³-hybridized carbons (Fsp3) is 0.364. The van der Waals surface area contributed by atoms with Gasteiger partial charge >= 0.3 is 0 Å². The van der Waals surface area contributed by atoms with Crippen LogP contribution in [-0.2, 0) is 11.2 Å². The minimum atomic E-state index is -0.595. The minimum Gasteiger partial charge on any atom is -0.508 e. The summed E-state index contributed by atoms with van der Waals surface area (Å²) in [5.74, 6) is -0.470. The molecule has 3 rings (SSSR count). The van der Waals surface area contributed by atoms with Crippen molar-refractivity contribution in [2.75, 3.05) is 19.6 Å². The van der Waals surface area contributed by atoms with Crippen molar-refractivity contribution in [2.45, 2.75) is 25.7 Å². The number of aryl methyl sites for hydroxylation is 1. The minimum absolute atomic E-state index is 0.0526. The molecule has 0 aromatic heterocycles. The average Bonchev–Trinajstić information content (AvgIpc) is 2.72. The van der Waals surface area contributed by atoms with Gasteiger partial charge in [0, 0.05) is 13.1 Å². The summed E-state index contributed by atoms with van der Waals surface area (Å²) < 4.78 is 13.6. The molecule has 2 N–H and O–H groups in total. The van der Waals surface area contributed by atoms with Gasteiger partial charge < -0.3 is 15.3 Å². The number of carbonyl (C=O) groups is 2. The van der Waals surface area contributed by atoms with E-state index >= 15 is 0 Å². The molecule has 28 heavy (non-hydrogen) atoms. The molecule has 1 aliphatic heterocycles. The smallest absolute Gasteiger partial charge is 0.254 e. The summed E-state index contributed by atoms with van der Waals surface area (Å²) in [5, 5.41) is 11.8. The van der Waals surface area contributed by atoms with Crippen LogP contribution in [0.2, 0.25) is 0 Å². The van der Waals surface area contributed by atoms with E-state index in [0.29, 0.717) is 19.0 Å². The molecule has 0 spiro atoms. The third-order valence-corrected chi connectivity index (χ3v) is 5.26. The normalized spacial score (nSPS) is 14.7. The lowest BCUT2D eigenvalue weighted by atomic mass is 9.90. The van der Waals surface area contributed by atoms with Gasteiger partial charge in [-0.15, -0.1) is 0 Å². The summed E-state index contributed by atoms with van der Waals surface area (Å²) in [7, 11) is 0. The van der Waals surface area contributed by atoms with Gasteiger partial charge in [0.15, 0.2) is 0 Å². The van der Waals surface area contributed by atoms with Gasteiger partial charge in [0.05, 0.1) is 12.1 Å². The molecule has 6 heteroatoms. The first-order chi connectivity index (χ1) is 13.5. The van der Waals surface area contributed by atoms with Crippen LogP contribution in [0, 0.1) is 11.7 Å². The van der Waals surface area contributed by atoms with E-state index in [4.69, 9.17) is 0 Å². The Morgan fingerprint density at radius 2 is 1.75 bits per heavy atom. The largest absolute Gasteiger partial charge is 0.508 e. The number of hydrogen-bond acceptors (Lipinski definition) is 3. The van der Waals surface area contributed by atoms with E-state index in [2.05, 4.69) is 5.32 Å². The number of benzene rings is 2. The molecule has 148 valence electrons. The van der Waals surface area contributed by atoms with Crippen molar-refractivity contribution in [2.24, 2.45) is 5.92 Å². The molecular weight excluding hydrogens is 359 g/mol. The lowest BCUT2D eigenvalue weighted by molar-refractivity contribution is -0.131. The Morgan fingerprint density at radius 3 is 2.43 bits per heavy atom. The highest BCUT2D eigenvalue weighted by atomic mass is 19.1. The Balaban J connectivity index is 1.39. The van der Waals surface area contributed by atoms with Gasteiger partial charge in [0.2, 0.25) is 5.91 Å². The second-order valence-electron chi connectivity index (χ2n) is 7.19. The van der Waals surface area contributed by atoms with Crippen LogP contribution in [0.25, 0.3) is 0 Å². The van der Waals surface area contributed by atoms with Crippen LogP contribution in [0.5, 0.6) is 5.75 Å². The molecule has 0 bridgehead atoms. The number of hydrogen-bond donors (Lipinski definition) is 2. The number of phenolic OH excluding ortho intramolecular Hbond substituents is 1. The third kappa shape index (κ3) is 5.31. The predicted octanol–water partition coefficient (Wildman–Crippen LogP) is 3.13. The number of likely N-dealkylation sites (tertiary alicyclic amines) is 1. The van der Waals surface area contributed by atoms with Crippen molar-refractivity contribution >= 4 is 11.8 Å². The summed E-state index contributed by atoms with van der Waals surface area (Å²) >= 11 is 0. The lowest BCUT2D eigenvalue weighted by Crippen LogP contribution is -2.44. The van der Waals surface area contributed by atoms with Crippen molar-refractivity contribution < 1.29 is 19.1 Å².